The first-order chi connectivity index (χ1) is 14.1. The molecule has 2 heterocycles. The lowest BCUT2D eigenvalue weighted by Gasteiger charge is -2.30. The molecule has 0 bridgehead atoms. The Labute approximate surface area is 185 Å². The Kier molecular flexibility index (Phi) is 5.78. The van der Waals surface area contributed by atoms with Crippen LogP contribution < -0.4 is 9.75 Å². The highest BCUT2D eigenvalue weighted by molar-refractivity contribution is 9.10. The molecular weight excluding hydrogens is 498 g/mol. The first-order valence-electron chi connectivity index (χ1n) is 8.99. The van der Waals surface area contributed by atoms with E-state index in [0.717, 1.165) is 25.9 Å². The van der Waals surface area contributed by atoms with Crippen molar-refractivity contribution < 1.29 is 9.53 Å². The number of ether oxygens (including phenoxy) is 1. The number of hydrazone groups is 1. The molecule has 146 valence electrons. The minimum absolute atomic E-state index is 0.118. The number of benzene rings is 2. The number of rotatable bonds is 4. The molecule has 0 N–H and O–H groups in total. The lowest BCUT2D eigenvalue weighted by molar-refractivity contribution is -0.120. The van der Waals surface area contributed by atoms with Gasteiger partial charge in [0.2, 0.25) is 0 Å². The Morgan fingerprint density at radius 3 is 2.59 bits per heavy atom. The number of carbonyl (C=O) groups excluding carboxylic acids is 1. The van der Waals surface area contributed by atoms with E-state index < -0.39 is 5.92 Å². The van der Waals surface area contributed by atoms with Gasteiger partial charge >= 0.3 is 0 Å². The molecule has 4 rings (SSSR count). The lowest BCUT2D eigenvalue weighted by Crippen LogP contribution is -2.38. The number of pyridine rings is 1. The Morgan fingerprint density at radius 2 is 1.86 bits per heavy atom. The average molecular weight is 515 g/mol. The van der Waals surface area contributed by atoms with Crippen LogP contribution in [0.3, 0.4) is 0 Å². The van der Waals surface area contributed by atoms with Crippen LogP contribution in [0.15, 0.2) is 80.9 Å². The topological polar surface area (TPSA) is 54.8 Å². The molecule has 2 aromatic carbocycles. The maximum absolute atomic E-state index is 13.5. The van der Waals surface area contributed by atoms with Gasteiger partial charge in [0.25, 0.3) is 5.91 Å². The molecule has 0 saturated heterocycles. The molecule has 0 fully saturated rings. The highest BCUT2D eigenvalue weighted by Crippen LogP contribution is 2.39. The monoisotopic (exact) mass is 513 g/mol. The Hall–Kier alpha value is -2.51. The number of carbonyl (C=O) groups is 1. The van der Waals surface area contributed by atoms with Crippen LogP contribution in [0.4, 0.5) is 5.69 Å². The van der Waals surface area contributed by atoms with Crippen LogP contribution in [-0.4, -0.2) is 23.7 Å². The summed E-state index contributed by atoms with van der Waals surface area (Å²) in [6.07, 6.45) is 2.16. The summed E-state index contributed by atoms with van der Waals surface area (Å²) >= 11 is 7.05. The molecule has 3 aromatic rings. The predicted molar refractivity (Wildman–Crippen MR) is 120 cm³/mol. The number of anilines is 1. The van der Waals surface area contributed by atoms with Crippen molar-refractivity contribution in [1.82, 2.24) is 4.98 Å². The van der Waals surface area contributed by atoms with Crippen molar-refractivity contribution in [3.8, 4) is 5.75 Å². The lowest BCUT2D eigenvalue weighted by atomic mass is 9.89. The predicted octanol–water partition coefficient (Wildman–Crippen LogP) is 5.54. The van der Waals surface area contributed by atoms with E-state index in [-0.39, 0.29) is 5.91 Å². The van der Waals surface area contributed by atoms with E-state index in [0.29, 0.717) is 17.9 Å². The van der Waals surface area contributed by atoms with Crippen LogP contribution in [-0.2, 0) is 4.79 Å². The number of nitrogens with zero attached hydrogens (tertiary/aromatic N) is 3. The number of hydrogen-bond donors (Lipinski definition) is 0. The summed E-state index contributed by atoms with van der Waals surface area (Å²) in [5.41, 5.74) is 2.99. The molecule has 5 nitrogen and oxygen atoms in total. The van der Waals surface area contributed by atoms with Crippen LogP contribution in [0.1, 0.15) is 23.6 Å². The third-order valence-corrected chi connectivity index (χ3v) is 5.90. The minimum Gasteiger partial charge on any atom is -0.496 e. The van der Waals surface area contributed by atoms with E-state index in [4.69, 9.17) is 4.74 Å². The van der Waals surface area contributed by atoms with Crippen molar-refractivity contribution >= 4 is 49.2 Å². The molecule has 0 saturated carbocycles. The highest BCUT2D eigenvalue weighted by atomic mass is 79.9. The molecule has 1 aliphatic rings. The zero-order valence-electron chi connectivity index (χ0n) is 15.5. The number of halogens is 2. The fraction of sp³-hybridized carbons (Fsp3) is 0.136. The molecule has 0 aliphatic carbocycles. The van der Waals surface area contributed by atoms with Crippen LogP contribution in [0.5, 0.6) is 5.75 Å². The maximum Gasteiger partial charge on any atom is 0.255 e. The van der Waals surface area contributed by atoms with Gasteiger partial charge in [-0.3, -0.25) is 9.78 Å². The molecular formula is C22H17Br2N3O2. The van der Waals surface area contributed by atoms with E-state index in [1.54, 1.807) is 13.3 Å². The highest BCUT2D eigenvalue weighted by Gasteiger charge is 2.36. The fourth-order valence-corrected chi connectivity index (χ4v) is 4.18. The zero-order chi connectivity index (χ0) is 20.4. The van der Waals surface area contributed by atoms with Crippen LogP contribution in [0.2, 0.25) is 0 Å². The normalized spacial score (nSPS) is 16.5. The summed E-state index contributed by atoms with van der Waals surface area (Å²) in [7, 11) is 1.61. The molecule has 1 unspecified atom stereocenters. The van der Waals surface area contributed by atoms with Gasteiger partial charge in [0, 0.05) is 27.1 Å². The van der Waals surface area contributed by atoms with Crippen molar-refractivity contribution in [3.05, 3.63) is 87.1 Å². The second-order valence-corrected chi connectivity index (χ2v) is 8.28. The number of hydrogen-bond acceptors (Lipinski definition) is 4. The van der Waals surface area contributed by atoms with E-state index in [1.165, 1.54) is 5.01 Å². The first kappa shape index (κ1) is 19.8. The van der Waals surface area contributed by atoms with Gasteiger partial charge in [-0.25, -0.2) is 0 Å². The quantitative estimate of drug-likeness (QED) is 0.459. The van der Waals surface area contributed by atoms with Crippen LogP contribution in [0, 0.1) is 0 Å². The Morgan fingerprint density at radius 1 is 1.07 bits per heavy atom. The molecule has 0 spiro atoms. The molecule has 1 aromatic heterocycles. The summed E-state index contributed by atoms with van der Waals surface area (Å²) < 4.78 is 7.23. The van der Waals surface area contributed by atoms with Gasteiger partial charge in [-0.1, -0.05) is 34.1 Å². The molecule has 7 heteroatoms. The minimum atomic E-state index is -0.455. The van der Waals surface area contributed by atoms with E-state index >= 15 is 0 Å². The maximum atomic E-state index is 13.5. The third kappa shape index (κ3) is 3.97. The molecule has 29 heavy (non-hydrogen) atoms. The average Bonchev–Trinajstić information content (AvgIpc) is 2.75. The van der Waals surface area contributed by atoms with Gasteiger partial charge in [-0.15, -0.1) is 0 Å². The van der Waals surface area contributed by atoms with Crippen LogP contribution >= 0.6 is 31.9 Å². The summed E-state index contributed by atoms with van der Waals surface area (Å²) in [4.78, 5) is 18.0. The van der Waals surface area contributed by atoms with Crippen molar-refractivity contribution in [3.63, 3.8) is 0 Å². The van der Waals surface area contributed by atoms with Gasteiger partial charge in [-0.2, -0.15) is 10.1 Å². The van der Waals surface area contributed by atoms with Gasteiger partial charge in [0.15, 0.2) is 0 Å². The van der Waals surface area contributed by atoms with E-state index in [2.05, 4.69) is 41.9 Å². The van der Waals surface area contributed by atoms with Crippen molar-refractivity contribution in [2.45, 2.75) is 12.3 Å². The van der Waals surface area contributed by atoms with Crippen LogP contribution in [0.25, 0.3) is 0 Å². The Bertz CT molecular complexity index is 1090. The molecule has 0 radical (unpaired) electrons. The van der Waals surface area contributed by atoms with E-state index in [9.17, 15) is 4.79 Å². The number of para-hydroxylation sites is 1. The summed E-state index contributed by atoms with van der Waals surface area (Å²) in [5, 5.41) is 6.13. The van der Waals surface area contributed by atoms with Crippen molar-refractivity contribution in [2.75, 3.05) is 12.1 Å². The summed E-state index contributed by atoms with van der Waals surface area (Å²) in [6.45, 7) is 0. The number of methoxy groups -OCH3 is 1. The van der Waals surface area contributed by atoms with E-state index in [1.807, 2.05) is 60.7 Å². The first-order valence-corrected chi connectivity index (χ1v) is 10.6. The second-order valence-electron chi connectivity index (χ2n) is 6.51. The molecule has 1 amide bonds. The largest absolute Gasteiger partial charge is 0.496 e. The Balaban J connectivity index is 1.87. The number of aromatic nitrogens is 1. The standard InChI is InChI=1S/C22H17Br2N3O2/c1-29-21-10-9-14(23)12-15(21)16-13-19(18-7-4-5-11-25-18)26-27(22(16)28)20-8-3-2-6-17(20)24/h2-12,16H,13H2,1H3. The van der Waals surface area contributed by atoms with Crippen molar-refractivity contribution in [1.29, 1.82) is 0 Å². The zero-order valence-corrected chi connectivity index (χ0v) is 18.7. The van der Waals surface area contributed by atoms with Gasteiger partial charge in [0.1, 0.15) is 5.75 Å². The summed E-state index contributed by atoms with van der Waals surface area (Å²) in [5.74, 6) is 0.0953. The van der Waals surface area contributed by atoms with Gasteiger partial charge in [0.05, 0.1) is 30.1 Å². The third-order valence-electron chi connectivity index (χ3n) is 4.73. The molecule has 1 atom stereocenters. The van der Waals surface area contributed by atoms with Gasteiger partial charge in [-0.05, 0) is 58.4 Å². The van der Waals surface area contributed by atoms with Crippen molar-refractivity contribution in [2.24, 2.45) is 5.10 Å². The smallest absolute Gasteiger partial charge is 0.255 e. The summed E-state index contributed by atoms with van der Waals surface area (Å²) in [6, 6.07) is 18.9. The fourth-order valence-electron chi connectivity index (χ4n) is 3.34. The number of amides is 1. The van der Waals surface area contributed by atoms with Gasteiger partial charge < -0.3 is 4.74 Å². The second kappa shape index (κ2) is 8.47. The SMILES string of the molecule is COc1ccc(Br)cc1C1CC(c2ccccn2)=NN(c2ccccc2Br)C1=O. The molecule has 1 aliphatic heterocycles.